The molecule has 1 aliphatic rings. The van der Waals surface area contributed by atoms with Gasteiger partial charge < -0.3 is 10.1 Å². The molecule has 0 bridgehead atoms. The van der Waals surface area contributed by atoms with Gasteiger partial charge in [-0.1, -0.05) is 13.8 Å². The summed E-state index contributed by atoms with van der Waals surface area (Å²) in [7, 11) is 0. The summed E-state index contributed by atoms with van der Waals surface area (Å²) in [5, 5.41) is 15.9. The van der Waals surface area contributed by atoms with Crippen molar-refractivity contribution in [1.29, 1.82) is 5.26 Å². The highest BCUT2D eigenvalue weighted by molar-refractivity contribution is 5.92. The average molecular weight is 304 g/mol. The van der Waals surface area contributed by atoms with Crippen molar-refractivity contribution in [3.05, 3.63) is 11.8 Å². The maximum atomic E-state index is 12.5. The fraction of sp³-hybridized carbons (Fsp3) is 0.688. The summed E-state index contributed by atoms with van der Waals surface area (Å²) in [5.41, 5.74) is 0.936. The van der Waals surface area contributed by atoms with Gasteiger partial charge in [0.25, 0.3) is 0 Å². The molecule has 1 fully saturated rings. The van der Waals surface area contributed by atoms with Crippen molar-refractivity contribution in [3.63, 3.8) is 0 Å². The van der Waals surface area contributed by atoms with Gasteiger partial charge in [-0.05, 0) is 25.7 Å². The Morgan fingerprint density at radius 2 is 2.41 bits per heavy atom. The molecule has 1 aromatic heterocycles. The van der Waals surface area contributed by atoms with Gasteiger partial charge >= 0.3 is 0 Å². The fourth-order valence-corrected chi connectivity index (χ4v) is 2.91. The first-order valence-electron chi connectivity index (χ1n) is 7.86. The molecule has 1 N–H and O–H groups in total. The van der Waals surface area contributed by atoms with Gasteiger partial charge in [0.15, 0.2) is 5.82 Å². The van der Waals surface area contributed by atoms with Crippen LogP contribution < -0.4 is 5.32 Å². The van der Waals surface area contributed by atoms with E-state index < -0.39 is 0 Å². The molecule has 2 atom stereocenters. The van der Waals surface area contributed by atoms with Crippen LogP contribution in [0.5, 0.6) is 0 Å². The maximum Gasteiger partial charge on any atom is 0.231 e. The van der Waals surface area contributed by atoms with E-state index in [-0.39, 0.29) is 17.9 Å². The molecule has 6 nitrogen and oxygen atoms in total. The highest BCUT2D eigenvalue weighted by atomic mass is 16.5. The van der Waals surface area contributed by atoms with Gasteiger partial charge in [-0.25, -0.2) is 0 Å². The zero-order valence-electron chi connectivity index (χ0n) is 13.5. The molecule has 1 amide bonds. The standard InChI is InChI=1S/C16H24N4O2/c1-11(2)15-13(6-4-9-22-15)16(21)18-14-10-12(3)20(19-14)8-5-7-17/h10-11,13,15H,4-6,8-9H2,1-3H3,(H,18,19,21)/t13-,15-/m0/s1. The Morgan fingerprint density at radius 3 is 3.09 bits per heavy atom. The molecular formula is C16H24N4O2. The molecule has 1 aliphatic heterocycles. The first kappa shape index (κ1) is 16.5. The molecule has 22 heavy (non-hydrogen) atoms. The SMILES string of the molecule is Cc1cc(NC(=O)[C@H]2CCCO[C@H]2C(C)C)nn1CCC#N. The Balaban J connectivity index is 2.03. The predicted molar refractivity (Wildman–Crippen MR) is 83.1 cm³/mol. The molecule has 0 radical (unpaired) electrons. The molecule has 0 unspecified atom stereocenters. The van der Waals surface area contributed by atoms with Crippen LogP contribution in [0.1, 0.15) is 38.8 Å². The van der Waals surface area contributed by atoms with E-state index in [1.807, 2.05) is 13.0 Å². The van der Waals surface area contributed by atoms with Crippen LogP contribution in [-0.2, 0) is 16.1 Å². The number of aryl methyl sites for hydroxylation is 2. The van der Waals surface area contributed by atoms with E-state index in [4.69, 9.17) is 10.00 Å². The summed E-state index contributed by atoms with van der Waals surface area (Å²) in [4.78, 5) is 12.5. The Bertz CT molecular complexity index is 559. The summed E-state index contributed by atoms with van der Waals surface area (Å²) >= 11 is 0. The molecular weight excluding hydrogens is 280 g/mol. The summed E-state index contributed by atoms with van der Waals surface area (Å²) in [6, 6.07) is 3.94. The fourth-order valence-electron chi connectivity index (χ4n) is 2.91. The third-order valence-corrected chi connectivity index (χ3v) is 4.03. The molecule has 2 rings (SSSR count). The van der Waals surface area contributed by atoms with Crippen molar-refractivity contribution in [3.8, 4) is 6.07 Å². The zero-order chi connectivity index (χ0) is 16.1. The minimum atomic E-state index is -0.127. The maximum absolute atomic E-state index is 12.5. The van der Waals surface area contributed by atoms with Crippen LogP contribution in [0.4, 0.5) is 5.82 Å². The molecule has 0 saturated carbocycles. The quantitative estimate of drug-likeness (QED) is 0.906. The highest BCUT2D eigenvalue weighted by Gasteiger charge is 2.34. The second-order valence-corrected chi connectivity index (χ2v) is 6.12. The number of hydrogen-bond acceptors (Lipinski definition) is 4. The molecule has 0 spiro atoms. The smallest absolute Gasteiger partial charge is 0.231 e. The van der Waals surface area contributed by atoms with Crippen LogP contribution >= 0.6 is 0 Å². The lowest BCUT2D eigenvalue weighted by Gasteiger charge is -2.33. The van der Waals surface area contributed by atoms with E-state index in [1.54, 1.807) is 4.68 Å². The van der Waals surface area contributed by atoms with Crippen LogP contribution in [0.3, 0.4) is 0 Å². The number of carbonyl (C=O) groups is 1. The predicted octanol–water partition coefficient (Wildman–Crippen LogP) is 2.49. The van der Waals surface area contributed by atoms with Gasteiger partial charge in [0, 0.05) is 18.4 Å². The third-order valence-electron chi connectivity index (χ3n) is 4.03. The van der Waals surface area contributed by atoms with Crippen molar-refractivity contribution < 1.29 is 9.53 Å². The Hall–Kier alpha value is -1.87. The highest BCUT2D eigenvalue weighted by Crippen LogP contribution is 2.27. The Labute approximate surface area is 131 Å². The van der Waals surface area contributed by atoms with E-state index in [9.17, 15) is 4.79 Å². The van der Waals surface area contributed by atoms with Crippen molar-refractivity contribution in [2.45, 2.75) is 52.7 Å². The first-order chi connectivity index (χ1) is 10.5. The molecule has 2 heterocycles. The topological polar surface area (TPSA) is 79.9 Å². The van der Waals surface area contributed by atoms with E-state index >= 15 is 0 Å². The first-order valence-corrected chi connectivity index (χ1v) is 7.86. The summed E-state index contributed by atoms with van der Waals surface area (Å²) in [6.45, 7) is 7.35. The molecule has 0 aromatic carbocycles. The zero-order valence-corrected chi connectivity index (χ0v) is 13.5. The van der Waals surface area contributed by atoms with Gasteiger partial charge in [0.2, 0.25) is 5.91 Å². The number of carbonyl (C=O) groups excluding carboxylic acids is 1. The Kier molecular flexibility index (Phi) is 5.56. The number of nitrogens with zero attached hydrogens (tertiary/aromatic N) is 3. The number of rotatable bonds is 5. The van der Waals surface area contributed by atoms with Crippen molar-refractivity contribution in [2.24, 2.45) is 11.8 Å². The molecule has 1 saturated heterocycles. The van der Waals surface area contributed by atoms with E-state index in [0.29, 0.717) is 24.7 Å². The molecule has 0 aliphatic carbocycles. The number of nitrogens with one attached hydrogen (secondary N) is 1. The van der Waals surface area contributed by atoms with Crippen molar-refractivity contribution in [2.75, 3.05) is 11.9 Å². The number of aromatic nitrogens is 2. The lowest BCUT2D eigenvalue weighted by molar-refractivity contribution is -0.131. The van der Waals surface area contributed by atoms with E-state index in [0.717, 1.165) is 25.1 Å². The van der Waals surface area contributed by atoms with Crippen molar-refractivity contribution in [1.82, 2.24) is 9.78 Å². The largest absolute Gasteiger partial charge is 0.377 e. The average Bonchev–Trinajstić information content (AvgIpc) is 2.84. The van der Waals surface area contributed by atoms with Gasteiger partial charge in [-0.15, -0.1) is 0 Å². The van der Waals surface area contributed by atoms with E-state index in [1.165, 1.54) is 0 Å². The summed E-state index contributed by atoms with van der Waals surface area (Å²) in [5.74, 6) is 0.709. The van der Waals surface area contributed by atoms with E-state index in [2.05, 4.69) is 30.3 Å². The second kappa shape index (κ2) is 7.41. The van der Waals surface area contributed by atoms with Gasteiger partial charge in [-0.2, -0.15) is 10.4 Å². The number of amides is 1. The van der Waals surface area contributed by atoms with Gasteiger partial charge in [0.05, 0.1) is 31.1 Å². The third kappa shape index (κ3) is 3.86. The number of nitriles is 1. The van der Waals surface area contributed by atoms with Crippen molar-refractivity contribution >= 4 is 11.7 Å². The number of ether oxygens (including phenoxy) is 1. The van der Waals surface area contributed by atoms with Crippen LogP contribution in [0.2, 0.25) is 0 Å². The summed E-state index contributed by atoms with van der Waals surface area (Å²) in [6.07, 6.45) is 2.14. The monoisotopic (exact) mass is 304 g/mol. The minimum Gasteiger partial charge on any atom is -0.377 e. The lowest BCUT2D eigenvalue weighted by Crippen LogP contribution is -2.41. The minimum absolute atomic E-state index is 0.0247. The Morgan fingerprint density at radius 1 is 1.64 bits per heavy atom. The lowest BCUT2D eigenvalue weighted by atomic mass is 9.87. The normalized spacial score (nSPS) is 21.6. The van der Waals surface area contributed by atoms with Crippen LogP contribution in [0, 0.1) is 30.1 Å². The molecule has 120 valence electrons. The summed E-state index contributed by atoms with van der Waals surface area (Å²) < 4.78 is 7.52. The van der Waals surface area contributed by atoms with Crippen LogP contribution in [-0.4, -0.2) is 28.4 Å². The van der Waals surface area contributed by atoms with Gasteiger partial charge in [-0.3, -0.25) is 9.48 Å². The number of anilines is 1. The van der Waals surface area contributed by atoms with Crippen LogP contribution in [0.15, 0.2) is 6.07 Å². The number of hydrogen-bond donors (Lipinski definition) is 1. The van der Waals surface area contributed by atoms with Gasteiger partial charge in [0.1, 0.15) is 0 Å². The molecule has 6 heteroatoms. The second-order valence-electron chi connectivity index (χ2n) is 6.12. The van der Waals surface area contributed by atoms with Crippen LogP contribution in [0.25, 0.3) is 0 Å². The molecule has 1 aromatic rings.